The topological polar surface area (TPSA) is 12.9 Å². The van der Waals surface area contributed by atoms with E-state index in [0.717, 1.165) is 28.9 Å². The first-order valence-corrected chi connectivity index (χ1v) is 7.43. The average Bonchev–Trinajstić information content (AvgIpc) is 2.63. The van der Waals surface area contributed by atoms with Gasteiger partial charge in [0.2, 0.25) is 0 Å². The van der Waals surface area contributed by atoms with Crippen molar-refractivity contribution in [2.24, 2.45) is 0 Å². The molecule has 0 amide bonds. The number of nitrogens with zero attached hydrogens (tertiary/aromatic N) is 1. The van der Waals surface area contributed by atoms with Gasteiger partial charge in [-0.05, 0) is 39.7 Å². The summed E-state index contributed by atoms with van der Waals surface area (Å²) in [5.41, 5.74) is 3.89. The van der Waals surface area contributed by atoms with Crippen LogP contribution in [0.15, 0.2) is 22.6 Å². The van der Waals surface area contributed by atoms with E-state index in [0.29, 0.717) is 0 Å². The third kappa shape index (κ3) is 5.08. The van der Waals surface area contributed by atoms with Gasteiger partial charge in [-0.25, -0.2) is 4.98 Å². The van der Waals surface area contributed by atoms with Crippen LogP contribution in [0.2, 0.25) is 0 Å². The van der Waals surface area contributed by atoms with Crippen LogP contribution in [0.5, 0.6) is 0 Å². The second-order valence-corrected chi connectivity index (χ2v) is 5.63. The summed E-state index contributed by atoms with van der Waals surface area (Å²) in [4.78, 5) is 4.43. The van der Waals surface area contributed by atoms with Crippen molar-refractivity contribution in [3.05, 3.63) is 33.3 Å². The number of halogens is 1. The number of hydrogen-bond acceptors (Lipinski definition) is 2. The summed E-state index contributed by atoms with van der Waals surface area (Å²) < 4.78 is 0. The molecule has 0 atom stereocenters. The van der Waals surface area contributed by atoms with Crippen molar-refractivity contribution in [3.63, 3.8) is 0 Å². The van der Waals surface area contributed by atoms with Crippen molar-refractivity contribution < 1.29 is 0 Å². The molecule has 0 saturated carbocycles. The van der Waals surface area contributed by atoms with Crippen LogP contribution >= 0.6 is 27.3 Å². The Hall–Kier alpha value is -0.410. The van der Waals surface area contributed by atoms with Crippen LogP contribution in [0.3, 0.4) is 0 Å². The maximum Gasteiger partial charge on any atom is 0.0901 e. The van der Waals surface area contributed by atoms with Gasteiger partial charge in [0.1, 0.15) is 0 Å². The van der Waals surface area contributed by atoms with Crippen LogP contribution in [-0.4, -0.2) is 10.3 Å². The van der Waals surface area contributed by atoms with E-state index in [1.165, 1.54) is 11.1 Å². The molecular weight excluding hydrogens is 282 g/mol. The third-order valence-corrected chi connectivity index (χ3v) is 3.95. The Balaban J connectivity index is 2.46. The molecule has 0 bridgehead atoms. The highest BCUT2D eigenvalue weighted by molar-refractivity contribution is 9.09. The molecule has 0 fully saturated rings. The Kier molecular flexibility index (Phi) is 5.99. The van der Waals surface area contributed by atoms with E-state index in [9.17, 15) is 0 Å². The van der Waals surface area contributed by atoms with Crippen molar-refractivity contribution in [1.82, 2.24) is 4.98 Å². The zero-order chi connectivity index (χ0) is 12.0. The van der Waals surface area contributed by atoms with Gasteiger partial charge in [0.15, 0.2) is 0 Å². The molecule has 88 valence electrons. The van der Waals surface area contributed by atoms with Crippen molar-refractivity contribution in [1.29, 1.82) is 0 Å². The summed E-state index contributed by atoms with van der Waals surface area (Å²) in [6.45, 7) is 6.36. The van der Waals surface area contributed by atoms with E-state index in [-0.39, 0.29) is 0 Å². The van der Waals surface area contributed by atoms with Crippen molar-refractivity contribution in [2.75, 3.05) is 5.33 Å². The lowest BCUT2D eigenvalue weighted by Crippen LogP contribution is -1.81. The zero-order valence-electron chi connectivity index (χ0n) is 10.1. The Morgan fingerprint density at radius 2 is 2.19 bits per heavy atom. The van der Waals surface area contributed by atoms with Crippen LogP contribution in [0.4, 0.5) is 0 Å². The van der Waals surface area contributed by atoms with Crippen molar-refractivity contribution in [3.8, 4) is 0 Å². The highest BCUT2D eigenvalue weighted by atomic mass is 79.9. The summed E-state index contributed by atoms with van der Waals surface area (Å²) in [5, 5.41) is 4.22. The molecule has 1 aromatic rings. The Bertz CT molecular complexity index is 390. The Labute approximate surface area is 110 Å². The molecule has 1 rings (SSSR count). The standard InChI is InChI=1S/C13H18BrNS/c1-10(5-4-6-11(2)8-14)7-13-9-16-12(3)15-13/h6-7,9H,4-5,8H2,1-3H3/b10-7+,11-6-. The van der Waals surface area contributed by atoms with Gasteiger partial charge in [0.05, 0.1) is 10.7 Å². The molecule has 1 heterocycles. The van der Waals surface area contributed by atoms with Gasteiger partial charge in [-0.2, -0.15) is 0 Å². The van der Waals surface area contributed by atoms with Gasteiger partial charge in [-0.15, -0.1) is 11.3 Å². The van der Waals surface area contributed by atoms with E-state index >= 15 is 0 Å². The fourth-order valence-corrected chi connectivity index (χ4v) is 2.17. The van der Waals surface area contributed by atoms with Crippen LogP contribution in [-0.2, 0) is 0 Å². The molecule has 0 saturated heterocycles. The van der Waals surface area contributed by atoms with Crippen LogP contribution in [0.1, 0.15) is 37.4 Å². The lowest BCUT2D eigenvalue weighted by Gasteiger charge is -1.98. The smallest absolute Gasteiger partial charge is 0.0901 e. The Morgan fingerprint density at radius 1 is 1.44 bits per heavy atom. The highest BCUT2D eigenvalue weighted by Crippen LogP contribution is 2.15. The number of allylic oxidation sites excluding steroid dienone is 3. The Morgan fingerprint density at radius 3 is 2.75 bits per heavy atom. The van der Waals surface area contributed by atoms with Crippen LogP contribution in [0, 0.1) is 6.92 Å². The van der Waals surface area contributed by atoms with E-state index < -0.39 is 0 Å². The lowest BCUT2D eigenvalue weighted by molar-refractivity contribution is 0.975. The number of rotatable bonds is 5. The van der Waals surface area contributed by atoms with E-state index in [4.69, 9.17) is 0 Å². The summed E-state index contributed by atoms with van der Waals surface area (Å²) >= 11 is 5.15. The summed E-state index contributed by atoms with van der Waals surface area (Å²) in [6, 6.07) is 0. The largest absolute Gasteiger partial charge is 0.242 e. The van der Waals surface area contributed by atoms with Gasteiger partial charge in [0.25, 0.3) is 0 Å². The molecule has 0 aliphatic carbocycles. The van der Waals surface area contributed by atoms with Gasteiger partial charge in [0, 0.05) is 10.7 Å². The molecule has 0 spiro atoms. The fourth-order valence-electron chi connectivity index (χ4n) is 1.37. The molecular formula is C13H18BrNS. The molecule has 0 aliphatic rings. The predicted molar refractivity (Wildman–Crippen MR) is 77.3 cm³/mol. The van der Waals surface area contributed by atoms with E-state index in [1.54, 1.807) is 11.3 Å². The number of thiazole rings is 1. The third-order valence-electron chi connectivity index (χ3n) is 2.27. The maximum atomic E-state index is 4.43. The average molecular weight is 300 g/mol. The molecule has 1 nitrogen and oxygen atoms in total. The lowest BCUT2D eigenvalue weighted by atomic mass is 10.1. The molecule has 0 N–H and O–H groups in total. The number of hydrogen-bond donors (Lipinski definition) is 0. The van der Waals surface area contributed by atoms with E-state index in [2.05, 4.69) is 52.3 Å². The quantitative estimate of drug-likeness (QED) is 0.552. The molecule has 3 heteroatoms. The first-order chi connectivity index (χ1) is 7.61. The van der Waals surface area contributed by atoms with Gasteiger partial charge in [-0.1, -0.05) is 33.2 Å². The summed E-state index contributed by atoms with van der Waals surface area (Å²) in [7, 11) is 0. The molecule has 0 aromatic carbocycles. The highest BCUT2D eigenvalue weighted by Gasteiger charge is 1.95. The number of alkyl halides is 1. The van der Waals surface area contributed by atoms with Crippen molar-refractivity contribution in [2.45, 2.75) is 33.6 Å². The summed E-state index contributed by atoms with van der Waals surface area (Å²) in [5.74, 6) is 0. The first-order valence-electron chi connectivity index (χ1n) is 5.42. The second kappa shape index (κ2) is 7.02. The number of aromatic nitrogens is 1. The normalized spacial score (nSPS) is 13.2. The zero-order valence-corrected chi connectivity index (χ0v) is 12.5. The minimum atomic E-state index is 0.973. The molecule has 0 unspecified atom stereocenters. The monoisotopic (exact) mass is 299 g/mol. The number of aryl methyl sites for hydroxylation is 1. The first kappa shape index (κ1) is 13.7. The fraction of sp³-hybridized carbons (Fsp3) is 0.462. The minimum absolute atomic E-state index is 0.973. The summed E-state index contributed by atoms with van der Waals surface area (Å²) in [6.07, 6.45) is 6.70. The molecule has 0 radical (unpaired) electrons. The van der Waals surface area contributed by atoms with Crippen LogP contribution in [0.25, 0.3) is 6.08 Å². The molecule has 1 aromatic heterocycles. The minimum Gasteiger partial charge on any atom is -0.242 e. The molecule has 0 aliphatic heterocycles. The predicted octanol–water partition coefficient (Wildman–Crippen LogP) is 4.98. The maximum absolute atomic E-state index is 4.43. The van der Waals surface area contributed by atoms with Crippen molar-refractivity contribution >= 4 is 33.3 Å². The van der Waals surface area contributed by atoms with Gasteiger partial charge < -0.3 is 0 Å². The SMILES string of the molecule is C/C(=C/CC/C(C)=C/c1csc(C)n1)CBr. The molecule has 16 heavy (non-hydrogen) atoms. The van der Waals surface area contributed by atoms with Gasteiger partial charge >= 0.3 is 0 Å². The van der Waals surface area contributed by atoms with Crippen LogP contribution < -0.4 is 0 Å². The van der Waals surface area contributed by atoms with E-state index in [1.807, 2.05) is 6.92 Å². The second-order valence-electron chi connectivity index (χ2n) is 4.00. The van der Waals surface area contributed by atoms with Gasteiger partial charge in [-0.3, -0.25) is 0 Å².